The van der Waals surface area contributed by atoms with Crippen LogP contribution in [0.15, 0.2) is 18.3 Å². The molecule has 0 spiro atoms. The number of carboxylic acids is 1. The molecule has 2 rings (SSSR count). The highest BCUT2D eigenvalue weighted by molar-refractivity contribution is 5.74. The fourth-order valence-electron chi connectivity index (χ4n) is 2.11. The molecule has 7 nitrogen and oxygen atoms in total. The van der Waals surface area contributed by atoms with Crippen molar-refractivity contribution in [1.82, 2.24) is 15.2 Å². The molecular formula is C14H19N3O4. The van der Waals surface area contributed by atoms with Crippen LogP contribution in [0.2, 0.25) is 0 Å². The van der Waals surface area contributed by atoms with Crippen molar-refractivity contribution < 1.29 is 19.4 Å². The Balaban J connectivity index is 1.82. The molecule has 1 aromatic rings. The Bertz CT molecular complexity index is 503. The summed E-state index contributed by atoms with van der Waals surface area (Å²) in [5.74, 6) is -0.923. The molecule has 1 saturated heterocycles. The standard InChI is InChI=1S/C14H19N3O4/c1-10-2-3-11(7-15-10)8-16-14(20)17-4-5-21-12(9-17)6-13(18)19/h2-3,7,12H,4-6,8-9H2,1H3,(H,16,20)(H,18,19). The number of morpholine rings is 1. The Labute approximate surface area is 122 Å². The summed E-state index contributed by atoms with van der Waals surface area (Å²) >= 11 is 0. The fraction of sp³-hybridized carbons (Fsp3) is 0.500. The number of ether oxygens (including phenoxy) is 1. The predicted octanol–water partition coefficient (Wildman–Crippen LogP) is 0.775. The molecule has 0 aliphatic carbocycles. The minimum atomic E-state index is -0.923. The lowest BCUT2D eigenvalue weighted by molar-refractivity contribution is -0.141. The third-order valence-electron chi connectivity index (χ3n) is 3.24. The fourth-order valence-corrected chi connectivity index (χ4v) is 2.11. The lowest BCUT2D eigenvalue weighted by Crippen LogP contribution is -2.49. The lowest BCUT2D eigenvalue weighted by atomic mass is 10.2. The van der Waals surface area contributed by atoms with Gasteiger partial charge in [0.2, 0.25) is 0 Å². The maximum absolute atomic E-state index is 12.1. The number of urea groups is 1. The normalized spacial score (nSPS) is 18.3. The van der Waals surface area contributed by atoms with Gasteiger partial charge in [0.25, 0.3) is 0 Å². The number of carbonyl (C=O) groups excluding carboxylic acids is 1. The number of aryl methyl sites for hydroxylation is 1. The molecule has 0 bridgehead atoms. The first-order valence-electron chi connectivity index (χ1n) is 6.82. The molecule has 21 heavy (non-hydrogen) atoms. The van der Waals surface area contributed by atoms with Crippen LogP contribution in [0.3, 0.4) is 0 Å². The van der Waals surface area contributed by atoms with Gasteiger partial charge in [0.1, 0.15) is 0 Å². The van der Waals surface area contributed by atoms with Gasteiger partial charge in [-0.25, -0.2) is 4.79 Å². The smallest absolute Gasteiger partial charge is 0.317 e. The van der Waals surface area contributed by atoms with Gasteiger partial charge in [-0.3, -0.25) is 9.78 Å². The topological polar surface area (TPSA) is 91.8 Å². The number of carboxylic acid groups (broad SMARTS) is 1. The summed E-state index contributed by atoms with van der Waals surface area (Å²) in [6.07, 6.45) is 1.19. The molecule has 2 amide bonds. The minimum absolute atomic E-state index is 0.0916. The molecule has 1 fully saturated rings. The number of aromatic nitrogens is 1. The highest BCUT2D eigenvalue weighted by Crippen LogP contribution is 2.09. The monoisotopic (exact) mass is 293 g/mol. The van der Waals surface area contributed by atoms with E-state index in [1.807, 2.05) is 19.1 Å². The van der Waals surface area contributed by atoms with Crippen molar-refractivity contribution in [2.45, 2.75) is 26.0 Å². The van der Waals surface area contributed by atoms with Crippen molar-refractivity contribution in [3.63, 3.8) is 0 Å². The van der Waals surface area contributed by atoms with E-state index in [2.05, 4.69) is 10.3 Å². The van der Waals surface area contributed by atoms with Crippen molar-refractivity contribution >= 4 is 12.0 Å². The van der Waals surface area contributed by atoms with Crippen LogP contribution in [-0.2, 0) is 16.1 Å². The maximum Gasteiger partial charge on any atom is 0.317 e. The van der Waals surface area contributed by atoms with Crippen molar-refractivity contribution in [3.8, 4) is 0 Å². The zero-order valence-corrected chi connectivity index (χ0v) is 11.9. The van der Waals surface area contributed by atoms with Crippen LogP contribution in [-0.4, -0.2) is 52.8 Å². The van der Waals surface area contributed by atoms with Gasteiger partial charge in [-0.15, -0.1) is 0 Å². The quantitative estimate of drug-likeness (QED) is 0.855. The number of hydrogen-bond acceptors (Lipinski definition) is 4. The van der Waals surface area contributed by atoms with Gasteiger partial charge in [-0.05, 0) is 18.6 Å². The van der Waals surface area contributed by atoms with E-state index in [1.54, 1.807) is 11.1 Å². The molecule has 1 aliphatic rings. The van der Waals surface area contributed by atoms with Gasteiger partial charge in [-0.2, -0.15) is 0 Å². The SMILES string of the molecule is Cc1ccc(CNC(=O)N2CCOC(CC(=O)O)C2)cn1. The summed E-state index contributed by atoms with van der Waals surface area (Å²) in [5.41, 5.74) is 1.85. The van der Waals surface area contributed by atoms with Crippen molar-refractivity contribution in [1.29, 1.82) is 0 Å². The van der Waals surface area contributed by atoms with Crippen LogP contribution >= 0.6 is 0 Å². The van der Waals surface area contributed by atoms with Crippen molar-refractivity contribution in [2.75, 3.05) is 19.7 Å². The Morgan fingerprint density at radius 1 is 1.52 bits per heavy atom. The molecule has 2 heterocycles. The van der Waals surface area contributed by atoms with E-state index >= 15 is 0 Å². The first-order valence-corrected chi connectivity index (χ1v) is 6.82. The molecule has 2 N–H and O–H groups in total. The molecule has 0 radical (unpaired) electrons. The van der Waals surface area contributed by atoms with Crippen molar-refractivity contribution in [2.24, 2.45) is 0 Å². The number of nitrogens with zero attached hydrogens (tertiary/aromatic N) is 2. The van der Waals surface area contributed by atoms with Gasteiger partial charge in [0.15, 0.2) is 0 Å². The summed E-state index contributed by atoms with van der Waals surface area (Å²) in [7, 11) is 0. The second kappa shape index (κ2) is 7.03. The number of aliphatic carboxylic acids is 1. The van der Waals surface area contributed by atoms with Gasteiger partial charge < -0.3 is 20.1 Å². The number of amides is 2. The van der Waals surface area contributed by atoms with Crippen LogP contribution in [0.4, 0.5) is 4.79 Å². The first-order chi connectivity index (χ1) is 10.0. The third kappa shape index (κ3) is 4.71. The minimum Gasteiger partial charge on any atom is -0.481 e. The Morgan fingerprint density at radius 3 is 3.00 bits per heavy atom. The Kier molecular flexibility index (Phi) is 5.10. The predicted molar refractivity (Wildman–Crippen MR) is 74.8 cm³/mol. The molecular weight excluding hydrogens is 274 g/mol. The van der Waals surface area contributed by atoms with Gasteiger partial charge in [0.05, 0.1) is 19.1 Å². The van der Waals surface area contributed by atoms with Crippen LogP contribution in [0.25, 0.3) is 0 Å². The van der Waals surface area contributed by atoms with Gasteiger partial charge in [0, 0.05) is 31.5 Å². The molecule has 0 aromatic carbocycles. The summed E-state index contributed by atoms with van der Waals surface area (Å²) < 4.78 is 5.33. The van der Waals surface area contributed by atoms with E-state index in [1.165, 1.54) is 0 Å². The van der Waals surface area contributed by atoms with E-state index in [-0.39, 0.29) is 12.5 Å². The van der Waals surface area contributed by atoms with Crippen LogP contribution in [0, 0.1) is 6.92 Å². The molecule has 7 heteroatoms. The van der Waals surface area contributed by atoms with E-state index in [0.29, 0.717) is 26.2 Å². The van der Waals surface area contributed by atoms with E-state index in [0.717, 1.165) is 11.3 Å². The second-order valence-electron chi connectivity index (χ2n) is 5.00. The highest BCUT2D eigenvalue weighted by atomic mass is 16.5. The second-order valence-corrected chi connectivity index (χ2v) is 5.00. The zero-order valence-electron chi connectivity index (χ0n) is 11.9. The number of pyridine rings is 1. The van der Waals surface area contributed by atoms with E-state index < -0.39 is 12.1 Å². The number of carbonyl (C=O) groups is 2. The maximum atomic E-state index is 12.1. The third-order valence-corrected chi connectivity index (χ3v) is 3.24. The van der Waals surface area contributed by atoms with Crippen molar-refractivity contribution in [3.05, 3.63) is 29.6 Å². The van der Waals surface area contributed by atoms with Crippen LogP contribution in [0.1, 0.15) is 17.7 Å². The molecule has 1 aliphatic heterocycles. The molecule has 1 unspecified atom stereocenters. The van der Waals surface area contributed by atoms with Crippen LogP contribution in [0.5, 0.6) is 0 Å². The average Bonchev–Trinajstić information content (AvgIpc) is 2.46. The van der Waals surface area contributed by atoms with E-state index in [4.69, 9.17) is 9.84 Å². The highest BCUT2D eigenvalue weighted by Gasteiger charge is 2.25. The molecule has 1 atom stereocenters. The van der Waals surface area contributed by atoms with Gasteiger partial charge in [-0.1, -0.05) is 6.07 Å². The lowest BCUT2D eigenvalue weighted by Gasteiger charge is -2.32. The molecule has 1 aromatic heterocycles. The van der Waals surface area contributed by atoms with E-state index in [9.17, 15) is 9.59 Å². The van der Waals surface area contributed by atoms with Crippen LogP contribution < -0.4 is 5.32 Å². The number of rotatable bonds is 4. The number of nitrogens with one attached hydrogen (secondary N) is 1. The molecule has 114 valence electrons. The summed E-state index contributed by atoms with van der Waals surface area (Å²) in [6, 6.07) is 3.59. The van der Waals surface area contributed by atoms with Gasteiger partial charge >= 0.3 is 12.0 Å². The summed E-state index contributed by atoms with van der Waals surface area (Å²) in [5, 5.41) is 11.6. The zero-order chi connectivity index (χ0) is 15.2. The molecule has 0 saturated carbocycles. The Hall–Kier alpha value is -2.15. The summed E-state index contributed by atoms with van der Waals surface area (Å²) in [4.78, 5) is 28.5. The Morgan fingerprint density at radius 2 is 2.33 bits per heavy atom. The average molecular weight is 293 g/mol. The summed E-state index contributed by atoms with van der Waals surface area (Å²) in [6.45, 7) is 3.42. The first kappa shape index (κ1) is 15.2. The number of hydrogen-bond donors (Lipinski definition) is 2. The largest absolute Gasteiger partial charge is 0.481 e.